The lowest BCUT2D eigenvalue weighted by atomic mass is 10.0. The lowest BCUT2D eigenvalue weighted by molar-refractivity contribution is -0.0503. The highest BCUT2D eigenvalue weighted by Gasteiger charge is 2.28. The lowest BCUT2D eigenvalue weighted by Gasteiger charge is -2.40. The van der Waals surface area contributed by atoms with E-state index >= 15 is 0 Å². The van der Waals surface area contributed by atoms with Crippen LogP contribution < -0.4 is 0 Å². The van der Waals surface area contributed by atoms with Crippen LogP contribution in [0.2, 0.25) is 10.0 Å². The minimum Gasteiger partial charge on any atom is -0.379 e. The molecule has 0 amide bonds. The Kier molecular flexibility index (Phi) is 6.02. The predicted molar refractivity (Wildman–Crippen MR) is 98.1 cm³/mol. The molecule has 0 N–H and O–H groups in total. The molecule has 136 valence electrons. The average Bonchev–Trinajstić information content (AvgIpc) is 3.07. The van der Waals surface area contributed by atoms with E-state index in [-0.39, 0.29) is 5.54 Å². The quantitative estimate of drug-likeness (QED) is 0.743. The largest absolute Gasteiger partial charge is 0.379 e. The zero-order valence-electron chi connectivity index (χ0n) is 14.4. The van der Waals surface area contributed by atoms with Gasteiger partial charge in [-0.25, -0.2) is 0 Å². The van der Waals surface area contributed by atoms with Gasteiger partial charge in [0, 0.05) is 30.3 Å². The van der Waals surface area contributed by atoms with Crippen LogP contribution in [0.15, 0.2) is 28.8 Å². The molecule has 0 aliphatic carbocycles. The van der Waals surface area contributed by atoms with Gasteiger partial charge in [0.15, 0.2) is 5.76 Å². The van der Waals surface area contributed by atoms with Crippen LogP contribution in [0, 0.1) is 0 Å². The number of morpholine rings is 1. The van der Waals surface area contributed by atoms with Gasteiger partial charge in [-0.15, -0.1) is 0 Å². The second kappa shape index (κ2) is 8.06. The summed E-state index contributed by atoms with van der Waals surface area (Å²) in [7, 11) is 0. The zero-order valence-corrected chi connectivity index (χ0v) is 15.9. The summed E-state index contributed by atoms with van der Waals surface area (Å²) in [5.74, 6) is 0.679. The van der Waals surface area contributed by atoms with Crippen molar-refractivity contribution in [3.63, 3.8) is 0 Å². The molecule has 7 heteroatoms. The van der Waals surface area contributed by atoms with Crippen molar-refractivity contribution in [3.05, 3.63) is 40.1 Å². The Bertz CT molecular complexity index is 712. The van der Waals surface area contributed by atoms with E-state index in [1.54, 1.807) is 12.1 Å². The maximum Gasteiger partial charge on any atom is 0.163 e. The molecule has 3 rings (SSSR count). The molecule has 0 saturated carbocycles. The van der Waals surface area contributed by atoms with Crippen molar-refractivity contribution < 1.29 is 14.0 Å². The summed E-state index contributed by atoms with van der Waals surface area (Å²) in [6.07, 6.45) is 0. The van der Waals surface area contributed by atoms with Gasteiger partial charge in [-0.1, -0.05) is 34.4 Å². The van der Waals surface area contributed by atoms with Gasteiger partial charge in [0.05, 0.1) is 29.9 Å². The molecule has 1 aliphatic heterocycles. The van der Waals surface area contributed by atoms with E-state index in [1.165, 1.54) is 0 Å². The zero-order chi connectivity index (χ0) is 17.9. The van der Waals surface area contributed by atoms with E-state index in [4.69, 9.17) is 37.2 Å². The molecule has 0 atom stereocenters. The van der Waals surface area contributed by atoms with Crippen LogP contribution in [-0.4, -0.2) is 48.5 Å². The fourth-order valence-electron chi connectivity index (χ4n) is 2.83. The Balaban J connectivity index is 1.55. The van der Waals surface area contributed by atoms with Crippen molar-refractivity contribution in [1.29, 1.82) is 0 Å². The van der Waals surface area contributed by atoms with Gasteiger partial charge < -0.3 is 14.0 Å². The number of halogens is 2. The highest BCUT2D eigenvalue weighted by Crippen LogP contribution is 2.28. The van der Waals surface area contributed by atoms with Crippen molar-refractivity contribution in [2.75, 3.05) is 32.9 Å². The topological polar surface area (TPSA) is 47.7 Å². The standard InChI is InChI=1S/C18H22Cl2N2O3/c1-18(2,22-5-7-23-8-6-22)12-24-11-14-10-17(21-25-14)13-3-4-15(19)16(20)9-13/h3-4,9-10H,5-8,11-12H2,1-2H3. The van der Waals surface area contributed by atoms with Crippen molar-refractivity contribution in [1.82, 2.24) is 10.1 Å². The fourth-order valence-corrected chi connectivity index (χ4v) is 3.13. The van der Waals surface area contributed by atoms with Crippen LogP contribution in [0.4, 0.5) is 0 Å². The number of ether oxygens (including phenoxy) is 2. The SMILES string of the molecule is CC(C)(COCc1cc(-c2ccc(Cl)c(Cl)c2)no1)N1CCOCC1. The fraction of sp³-hybridized carbons (Fsp3) is 0.500. The van der Waals surface area contributed by atoms with Crippen LogP contribution in [0.1, 0.15) is 19.6 Å². The first kappa shape index (κ1) is 18.7. The molecule has 1 saturated heterocycles. The average molecular weight is 385 g/mol. The summed E-state index contributed by atoms with van der Waals surface area (Å²) in [6.45, 7) is 8.76. The predicted octanol–water partition coefficient (Wildman–Crippen LogP) is 4.28. The van der Waals surface area contributed by atoms with Crippen molar-refractivity contribution >= 4 is 23.2 Å². The molecule has 0 radical (unpaired) electrons. The van der Waals surface area contributed by atoms with E-state index in [0.29, 0.717) is 34.7 Å². The highest BCUT2D eigenvalue weighted by atomic mass is 35.5. The maximum atomic E-state index is 6.05. The summed E-state index contributed by atoms with van der Waals surface area (Å²) in [5, 5.41) is 5.09. The molecule has 25 heavy (non-hydrogen) atoms. The van der Waals surface area contributed by atoms with Gasteiger partial charge in [-0.3, -0.25) is 4.90 Å². The third-order valence-electron chi connectivity index (χ3n) is 4.34. The van der Waals surface area contributed by atoms with Crippen molar-refractivity contribution in [2.24, 2.45) is 0 Å². The third kappa shape index (κ3) is 4.74. The van der Waals surface area contributed by atoms with Crippen LogP contribution in [-0.2, 0) is 16.1 Å². The van der Waals surface area contributed by atoms with E-state index in [0.717, 1.165) is 31.9 Å². The van der Waals surface area contributed by atoms with E-state index in [1.807, 2.05) is 12.1 Å². The second-order valence-electron chi connectivity index (χ2n) is 6.71. The third-order valence-corrected chi connectivity index (χ3v) is 5.08. The summed E-state index contributed by atoms with van der Waals surface area (Å²) >= 11 is 12.0. The van der Waals surface area contributed by atoms with Crippen molar-refractivity contribution in [2.45, 2.75) is 26.0 Å². The molecule has 1 aliphatic rings. The lowest BCUT2D eigenvalue weighted by Crippen LogP contribution is -2.52. The summed E-state index contributed by atoms with van der Waals surface area (Å²) < 4.78 is 16.6. The molecule has 5 nitrogen and oxygen atoms in total. The number of aromatic nitrogens is 1. The van der Waals surface area contributed by atoms with Gasteiger partial charge in [-0.05, 0) is 26.0 Å². The molecule has 0 unspecified atom stereocenters. The molecule has 1 aromatic heterocycles. The molecule has 1 aromatic carbocycles. The maximum absolute atomic E-state index is 6.05. The Morgan fingerprint density at radius 2 is 1.92 bits per heavy atom. The van der Waals surface area contributed by atoms with Gasteiger partial charge >= 0.3 is 0 Å². The van der Waals surface area contributed by atoms with E-state index in [2.05, 4.69) is 23.9 Å². The monoisotopic (exact) mass is 384 g/mol. The molecule has 2 aromatic rings. The van der Waals surface area contributed by atoms with Crippen LogP contribution in [0.3, 0.4) is 0 Å². The number of hydrogen-bond donors (Lipinski definition) is 0. The summed E-state index contributed by atoms with van der Waals surface area (Å²) in [4.78, 5) is 2.39. The Morgan fingerprint density at radius 3 is 2.64 bits per heavy atom. The molecular formula is C18H22Cl2N2O3. The molecule has 2 heterocycles. The normalized spacial score (nSPS) is 16.3. The number of hydrogen-bond acceptors (Lipinski definition) is 5. The van der Waals surface area contributed by atoms with Gasteiger partial charge in [0.2, 0.25) is 0 Å². The van der Waals surface area contributed by atoms with E-state index in [9.17, 15) is 0 Å². The molecular weight excluding hydrogens is 363 g/mol. The minimum atomic E-state index is -0.0453. The van der Waals surface area contributed by atoms with Crippen LogP contribution in [0.5, 0.6) is 0 Å². The summed E-state index contributed by atoms with van der Waals surface area (Å²) in [6, 6.07) is 7.24. The molecule has 0 bridgehead atoms. The Hall–Kier alpha value is -1.11. The Morgan fingerprint density at radius 1 is 1.16 bits per heavy atom. The molecule has 0 spiro atoms. The molecule has 1 fully saturated rings. The minimum absolute atomic E-state index is 0.0453. The first-order valence-electron chi connectivity index (χ1n) is 8.27. The van der Waals surface area contributed by atoms with Crippen LogP contribution in [0.25, 0.3) is 11.3 Å². The van der Waals surface area contributed by atoms with Crippen LogP contribution >= 0.6 is 23.2 Å². The second-order valence-corrected chi connectivity index (χ2v) is 7.53. The summed E-state index contributed by atoms with van der Waals surface area (Å²) in [5.41, 5.74) is 1.53. The number of rotatable bonds is 6. The van der Waals surface area contributed by atoms with E-state index < -0.39 is 0 Å². The Labute approximate surface area is 157 Å². The smallest absolute Gasteiger partial charge is 0.163 e. The number of benzene rings is 1. The van der Waals surface area contributed by atoms with Gasteiger partial charge in [0.25, 0.3) is 0 Å². The first-order valence-corrected chi connectivity index (χ1v) is 9.03. The van der Waals surface area contributed by atoms with Crippen molar-refractivity contribution in [3.8, 4) is 11.3 Å². The highest BCUT2D eigenvalue weighted by molar-refractivity contribution is 6.42. The van der Waals surface area contributed by atoms with Gasteiger partial charge in [-0.2, -0.15) is 0 Å². The number of nitrogens with zero attached hydrogens (tertiary/aromatic N) is 2. The first-order chi connectivity index (χ1) is 12.0. The van der Waals surface area contributed by atoms with Gasteiger partial charge in [0.1, 0.15) is 12.3 Å².